The molecule has 0 amide bonds. The molecule has 4 aliphatic rings. The molecule has 13 heteroatoms. The van der Waals surface area contributed by atoms with Gasteiger partial charge in [0, 0.05) is 37.0 Å². The molecule has 51 heavy (non-hydrogen) atoms. The first-order valence-corrected chi connectivity index (χ1v) is 19.5. The molecule has 6 nitrogen and oxygen atoms in total. The molecule has 0 N–H and O–H groups in total. The number of nitrogens with zero attached hydrogens (tertiary/aromatic N) is 2. The topological polar surface area (TPSA) is 51.9 Å². The molecule has 0 atom stereocenters. The number of hydrogen-bond donors (Lipinski definition) is 0. The number of rotatable bonds is 12. The van der Waals surface area contributed by atoms with E-state index in [0.29, 0.717) is 33.0 Å². The Morgan fingerprint density at radius 3 is 1.69 bits per heavy atom. The van der Waals surface area contributed by atoms with Crippen LogP contribution in [-0.4, -0.2) is 52.6 Å². The summed E-state index contributed by atoms with van der Waals surface area (Å²) in [6.45, 7) is 3.21. The molecule has 278 valence electrons. The summed E-state index contributed by atoms with van der Waals surface area (Å²) in [5, 5.41) is 2.51. The van der Waals surface area contributed by atoms with Crippen molar-refractivity contribution in [3.8, 4) is 11.1 Å². The Bertz CT molecular complexity index is 1770. The molecule has 1 aromatic heterocycles. The average molecular weight is 739 g/mol. The molecule has 0 aliphatic heterocycles. The number of esters is 1. The number of fused-ring (bicyclic) bond motifs is 2. The van der Waals surface area contributed by atoms with Gasteiger partial charge in [0.1, 0.15) is 13.7 Å². The first kappa shape index (κ1) is 37.3. The van der Waals surface area contributed by atoms with Crippen LogP contribution in [0.4, 0.5) is 30.9 Å². The summed E-state index contributed by atoms with van der Waals surface area (Å²) in [6.07, 6.45) is 7.14. The number of anilines is 1. The normalized spacial score (nSPS) is 23.7. The van der Waals surface area contributed by atoms with E-state index in [0.717, 1.165) is 49.2 Å². The van der Waals surface area contributed by atoms with Gasteiger partial charge in [-0.05, 0) is 86.1 Å². The van der Waals surface area contributed by atoms with E-state index < -0.39 is 7.81 Å². The molecule has 0 saturated heterocycles. The van der Waals surface area contributed by atoms with Crippen LogP contribution in [0, 0.1) is 23.2 Å². The van der Waals surface area contributed by atoms with Crippen LogP contribution in [0.15, 0.2) is 72.8 Å². The third-order valence-corrected chi connectivity index (χ3v) is 10.5. The van der Waals surface area contributed by atoms with Crippen molar-refractivity contribution < 1.29 is 48.8 Å². The van der Waals surface area contributed by atoms with Crippen molar-refractivity contribution in [2.75, 3.05) is 51.5 Å². The number of carbonyl (C=O) groups is 1. The second-order valence-electron chi connectivity index (χ2n) is 14.5. The summed E-state index contributed by atoms with van der Waals surface area (Å²) < 4.78 is 78.7. The summed E-state index contributed by atoms with van der Waals surface area (Å²) in [7, 11) is -6.42. The Labute approximate surface area is 293 Å². The molecule has 0 spiro atoms. The van der Waals surface area contributed by atoms with E-state index in [-0.39, 0.29) is 11.4 Å². The monoisotopic (exact) mass is 738 g/mol. The number of aromatic nitrogens is 1. The molecule has 8 rings (SSSR count). The number of halogens is 6. The molecule has 4 fully saturated rings. The summed E-state index contributed by atoms with van der Waals surface area (Å²) in [5.74, 6) is 2.28. The van der Waals surface area contributed by atoms with E-state index in [1.807, 2.05) is 0 Å². The molecule has 4 saturated carbocycles. The van der Waals surface area contributed by atoms with Crippen molar-refractivity contribution in [1.29, 1.82) is 0 Å². The maximum atomic E-state index is 13.0. The van der Waals surface area contributed by atoms with E-state index in [1.165, 1.54) is 52.2 Å². The van der Waals surface area contributed by atoms with E-state index in [2.05, 4.69) is 96.4 Å². The fourth-order valence-electron chi connectivity index (χ4n) is 8.78. The number of pyridine rings is 1. The number of ether oxygens (including phenoxy) is 3. The first-order valence-electron chi connectivity index (χ1n) is 17.5. The molecular weight excluding hydrogens is 693 g/mol. The standard InChI is InChI=1S/C38H45N2O4.F6P/c1-39(15-16-42-17-18-43-19-20-44-37(41)38-24-27-21-28(25-38)23-29(22-27)26-38)31-13-11-30(12-14-31)36-32-7-3-5-9-34(32)40(2)35-10-6-4-8-33(35)36;1-7(2,3,4,5)6/h3-14,27-29H,15-26H2,1-2H3;/q+1;-1. The third kappa shape index (κ3) is 9.70. The van der Waals surface area contributed by atoms with Gasteiger partial charge in [0.05, 0.1) is 42.6 Å². The number of carbonyl (C=O) groups excluding carboxylic acids is 1. The fourth-order valence-corrected chi connectivity index (χ4v) is 8.78. The molecular formula is C38H45F6N2O4P. The number of aryl methyl sites for hydroxylation is 1. The van der Waals surface area contributed by atoms with Crippen LogP contribution in [0.5, 0.6) is 0 Å². The van der Waals surface area contributed by atoms with Gasteiger partial charge in [0.2, 0.25) is 11.0 Å². The van der Waals surface area contributed by atoms with Gasteiger partial charge in [-0.1, -0.05) is 36.4 Å². The van der Waals surface area contributed by atoms with Gasteiger partial charge >= 0.3 is 39.0 Å². The molecule has 3 aromatic carbocycles. The maximum absolute atomic E-state index is 13.0. The number of benzene rings is 3. The van der Waals surface area contributed by atoms with Crippen LogP contribution in [0.1, 0.15) is 38.5 Å². The third-order valence-electron chi connectivity index (χ3n) is 10.5. The molecule has 4 bridgehead atoms. The Balaban J connectivity index is 0.000000582. The van der Waals surface area contributed by atoms with Gasteiger partial charge < -0.3 is 19.1 Å². The van der Waals surface area contributed by atoms with Crippen LogP contribution in [-0.2, 0) is 26.1 Å². The van der Waals surface area contributed by atoms with Gasteiger partial charge in [-0.25, -0.2) is 0 Å². The van der Waals surface area contributed by atoms with E-state index in [9.17, 15) is 30.0 Å². The minimum atomic E-state index is -10.7. The zero-order chi connectivity index (χ0) is 36.5. The van der Waals surface area contributed by atoms with Gasteiger partial charge in [0.15, 0.2) is 0 Å². The Hall–Kier alpha value is -3.47. The summed E-state index contributed by atoms with van der Waals surface area (Å²) >= 11 is 0. The van der Waals surface area contributed by atoms with E-state index >= 15 is 0 Å². The van der Waals surface area contributed by atoms with Gasteiger partial charge in [-0.3, -0.25) is 4.79 Å². The second-order valence-corrected chi connectivity index (χ2v) is 16.4. The zero-order valence-corrected chi connectivity index (χ0v) is 29.8. The summed E-state index contributed by atoms with van der Waals surface area (Å²) in [6, 6.07) is 26.1. The predicted octanol–water partition coefficient (Wildman–Crippen LogP) is 10.1. The summed E-state index contributed by atoms with van der Waals surface area (Å²) in [5.41, 5.74) is 5.91. The number of hydrogen-bond acceptors (Lipinski definition) is 5. The van der Waals surface area contributed by atoms with Crippen molar-refractivity contribution in [3.05, 3.63) is 72.8 Å². The van der Waals surface area contributed by atoms with Crippen molar-refractivity contribution in [2.45, 2.75) is 38.5 Å². The van der Waals surface area contributed by atoms with Crippen LogP contribution in [0.2, 0.25) is 0 Å². The number of likely N-dealkylation sites (N-methyl/N-ethyl adjacent to an activating group) is 1. The predicted molar refractivity (Wildman–Crippen MR) is 188 cm³/mol. The zero-order valence-electron chi connectivity index (χ0n) is 28.9. The summed E-state index contributed by atoms with van der Waals surface area (Å²) in [4.78, 5) is 15.2. The SMILES string of the molecule is CN(CCOCCOCCOC(=O)C12CC3CC(CC(C3)C1)C2)c1ccc(-c2c3ccccc3[n+](C)c3ccccc23)cc1.F[P-](F)(F)(F)(F)F. The molecule has 0 unspecified atom stereocenters. The van der Waals surface area contributed by atoms with Crippen molar-refractivity contribution in [1.82, 2.24) is 0 Å². The van der Waals surface area contributed by atoms with Gasteiger partial charge in [-0.15, -0.1) is 0 Å². The molecule has 0 radical (unpaired) electrons. The molecule has 4 aromatic rings. The van der Waals surface area contributed by atoms with E-state index in [4.69, 9.17) is 14.2 Å². The van der Waals surface area contributed by atoms with Crippen LogP contribution < -0.4 is 9.47 Å². The minimum absolute atomic E-state index is 0.0343. The quantitative estimate of drug-likeness (QED) is 0.0362. The number of para-hydroxylation sites is 2. The first-order chi connectivity index (χ1) is 24.0. The Morgan fingerprint density at radius 2 is 1.18 bits per heavy atom. The van der Waals surface area contributed by atoms with Crippen molar-refractivity contribution in [3.63, 3.8) is 0 Å². The van der Waals surface area contributed by atoms with Gasteiger partial charge in [0.25, 0.3) is 0 Å². The van der Waals surface area contributed by atoms with Crippen LogP contribution in [0.3, 0.4) is 0 Å². The Kier molecular flexibility index (Phi) is 10.1. The molecule has 1 heterocycles. The van der Waals surface area contributed by atoms with E-state index in [1.54, 1.807) is 0 Å². The van der Waals surface area contributed by atoms with Gasteiger partial charge in [-0.2, -0.15) is 4.57 Å². The average Bonchev–Trinajstić information content (AvgIpc) is 3.06. The second kappa shape index (κ2) is 13.8. The van der Waals surface area contributed by atoms with Crippen LogP contribution >= 0.6 is 7.81 Å². The fraction of sp³-hybridized carbons (Fsp3) is 0.474. The van der Waals surface area contributed by atoms with Crippen molar-refractivity contribution >= 4 is 41.3 Å². The van der Waals surface area contributed by atoms with Crippen molar-refractivity contribution in [2.24, 2.45) is 30.2 Å². The Morgan fingerprint density at radius 1 is 0.725 bits per heavy atom. The molecule has 4 aliphatic carbocycles. The van der Waals surface area contributed by atoms with Crippen LogP contribution in [0.25, 0.3) is 32.9 Å².